The molecule has 0 saturated carbocycles. The summed E-state index contributed by atoms with van der Waals surface area (Å²) >= 11 is 0. The second kappa shape index (κ2) is 52.2. The number of hydrogen-bond acceptors (Lipinski definition) is 29. The maximum Gasteiger partial charge on any atom is 0.283 e. The topological polar surface area (TPSA) is 512 Å². The molecule has 12 aromatic rings. The number of aryl methyl sites for hydroxylation is 5. The highest BCUT2D eigenvalue weighted by Crippen LogP contribution is 2.34. The van der Waals surface area contributed by atoms with Gasteiger partial charge in [0.25, 0.3) is 45.5 Å². The van der Waals surface area contributed by atoms with E-state index in [2.05, 4.69) is 0 Å². The van der Waals surface area contributed by atoms with E-state index in [0.29, 0.717) is 95.9 Å². The van der Waals surface area contributed by atoms with E-state index in [1.54, 1.807) is 165 Å². The number of nitro groups is 8. The number of nitrogens with zero attached hydrogens (tertiary/aromatic N) is 8. The van der Waals surface area contributed by atoms with Gasteiger partial charge >= 0.3 is 0 Å². The van der Waals surface area contributed by atoms with Crippen LogP contribution in [-0.4, -0.2) is 124 Å². The fraction of sp³-hybridized carbons (Fsp3) is 0.118. The second-order valence-corrected chi connectivity index (χ2v) is 29.1. The third-order valence-corrected chi connectivity index (χ3v) is 19.6. The van der Waals surface area contributed by atoms with Crippen LogP contribution >= 0.6 is 0 Å². The maximum atomic E-state index is 12.4. The molecular weight excluding hydrogens is 1800 g/mol. The van der Waals surface area contributed by atoms with Gasteiger partial charge in [0.15, 0.2) is 34.7 Å². The summed E-state index contributed by atoms with van der Waals surface area (Å²) in [4.78, 5) is 155. The van der Waals surface area contributed by atoms with E-state index in [4.69, 9.17) is 33.2 Å². The second-order valence-electron chi connectivity index (χ2n) is 29.1. The molecule has 0 unspecified atom stereocenters. The van der Waals surface area contributed by atoms with Crippen LogP contribution in [0.3, 0.4) is 0 Å². The first-order valence-electron chi connectivity index (χ1n) is 40.9. The number of rotatable bonds is 33. The Balaban J connectivity index is 0.000000227. The first kappa shape index (κ1) is 107. The third-order valence-electron chi connectivity index (χ3n) is 19.6. The number of carbonyl (C=O) groups is 6. The van der Waals surface area contributed by atoms with Gasteiger partial charge in [0, 0.05) is 71.8 Å². The molecule has 710 valence electrons. The summed E-state index contributed by atoms with van der Waals surface area (Å²) in [6.45, 7) is 9.37. The number of ketones is 6. The number of ether oxygens (including phenoxy) is 7. The van der Waals surface area contributed by atoms with Crippen LogP contribution in [0.15, 0.2) is 279 Å². The van der Waals surface area contributed by atoms with Gasteiger partial charge in [0.1, 0.15) is 45.8 Å². The quantitative estimate of drug-likeness (QED) is 0.0159. The third kappa shape index (κ3) is 31.8. The Bertz CT molecular complexity index is 6850. The average Bonchev–Trinajstić information content (AvgIpc) is 0.826. The molecule has 0 aliphatic heterocycles. The lowest BCUT2D eigenvalue weighted by Crippen LogP contribution is -2.02. The van der Waals surface area contributed by atoms with Gasteiger partial charge in [-0.05, 0) is 207 Å². The predicted molar refractivity (Wildman–Crippen MR) is 520 cm³/mol. The summed E-state index contributed by atoms with van der Waals surface area (Å²) in [6, 6.07) is 61.6. The molecule has 0 saturated heterocycles. The van der Waals surface area contributed by atoms with Crippen LogP contribution in [0, 0.1) is 116 Å². The van der Waals surface area contributed by atoms with Crippen molar-refractivity contribution in [1.82, 2.24) is 0 Å². The van der Waals surface area contributed by atoms with E-state index < -0.39 is 67.9 Å². The van der Waals surface area contributed by atoms with E-state index in [1.807, 2.05) is 52.8 Å². The Morgan fingerprint density at radius 3 is 0.892 bits per heavy atom. The monoisotopic (exact) mass is 1890 g/mol. The number of allylic oxidation sites excluding steroid dienone is 6. The lowest BCUT2D eigenvalue weighted by molar-refractivity contribution is -0.394. The zero-order chi connectivity index (χ0) is 102. The fourth-order valence-corrected chi connectivity index (χ4v) is 12.5. The normalized spacial score (nSPS) is 10.6. The smallest absolute Gasteiger partial charge is 0.283 e. The van der Waals surface area contributed by atoms with Gasteiger partial charge in [0.05, 0.1) is 129 Å². The van der Waals surface area contributed by atoms with Crippen molar-refractivity contribution in [3.8, 4) is 40.2 Å². The van der Waals surface area contributed by atoms with Crippen molar-refractivity contribution in [2.24, 2.45) is 0 Å². The van der Waals surface area contributed by atoms with E-state index in [-0.39, 0.29) is 62.8 Å². The molecule has 12 aromatic carbocycles. The standard InChI is InChI=1S/2C17H14N2O6.C17H15NO5.3C17H15NO4/c1-11-3-7-14(17(9-11)25-2)16(20)8-5-12-4-6-13(18(21)22)10-15(12)19(23)24;1-11-3-4-13(9-17(11)25-2)16(20)8-6-12-5-7-14(18(21)22)10-15(12)19(23)24;1-22-15-7-4-8-16(23-2)17(15)14(19)10-9-12-5-3-6-13(11-12)18(20)21;1-12-3-10-17(22-2)15(11-12)16(19)9-6-13-4-7-14(8-5-13)18(20)21;1-12-6-9-17(22-2)15(10-12)16(19)8-7-13-4-3-5-14(11-13)18(20)21;1-12-6-8-14(11-17(12)22-2)16(19)9-7-13-4-3-5-15(10-13)18(20)21/h2*3-10H,1-2H3;3-11H,1-2H3;3*3-11H,1-2H3/b8-5+;8-6+;10-9+;9-6+;8-7+;9-7+. The number of hydrogen-bond donors (Lipinski definition) is 0. The predicted octanol–water partition coefficient (Wildman–Crippen LogP) is 22.4. The maximum absolute atomic E-state index is 12.4. The summed E-state index contributed by atoms with van der Waals surface area (Å²) in [5.74, 6) is 1.75. The zero-order valence-corrected chi connectivity index (χ0v) is 76.4. The van der Waals surface area contributed by atoms with Gasteiger partial charge in [0.2, 0.25) is 0 Å². The average molecular weight is 1890 g/mol. The SMILES string of the molecule is COc1cc(C(=O)/C=C/c2ccc([N+](=O)[O-])cc2[N+](=O)[O-])ccc1C.COc1cc(C(=O)/C=C/c2cccc([N+](=O)[O-])c2)ccc1C.COc1cc(C)ccc1C(=O)/C=C/c1ccc([N+](=O)[O-])cc1[N+](=O)[O-].COc1ccc(C)cc1C(=O)/C=C/c1ccc([N+](=O)[O-])cc1.COc1ccc(C)cc1C(=O)/C=C/c1cccc([N+](=O)[O-])c1.COc1cccc(OC)c1C(=O)/C=C/c1cccc([N+](=O)[O-])c1. The largest absolute Gasteiger partial charge is 0.496 e. The number of nitro benzene ring substituents is 8. The van der Waals surface area contributed by atoms with Crippen LogP contribution < -0.4 is 33.2 Å². The Hall–Kier alpha value is -19.1. The molecule has 0 aliphatic carbocycles. The molecule has 0 fully saturated rings. The van der Waals surface area contributed by atoms with Gasteiger partial charge < -0.3 is 33.2 Å². The summed E-state index contributed by atoms with van der Waals surface area (Å²) in [5.41, 5.74) is 8.03. The van der Waals surface area contributed by atoms with Crippen LogP contribution in [0.1, 0.15) is 123 Å². The van der Waals surface area contributed by atoms with Crippen molar-refractivity contribution in [2.75, 3.05) is 49.8 Å². The van der Waals surface area contributed by atoms with Crippen molar-refractivity contribution in [3.63, 3.8) is 0 Å². The molecule has 0 radical (unpaired) electrons. The van der Waals surface area contributed by atoms with Crippen molar-refractivity contribution in [2.45, 2.75) is 34.6 Å². The lowest BCUT2D eigenvalue weighted by Gasteiger charge is -2.10. The van der Waals surface area contributed by atoms with Crippen molar-refractivity contribution < 1.29 is 101 Å². The van der Waals surface area contributed by atoms with Crippen molar-refractivity contribution in [3.05, 3.63) is 455 Å². The molecule has 139 heavy (non-hydrogen) atoms. The Morgan fingerprint density at radius 1 is 0.230 bits per heavy atom. The van der Waals surface area contributed by atoms with Gasteiger partial charge in [-0.15, -0.1) is 0 Å². The summed E-state index contributed by atoms with van der Waals surface area (Å²) in [5, 5.41) is 86.4. The van der Waals surface area contributed by atoms with E-state index >= 15 is 0 Å². The molecule has 0 spiro atoms. The molecule has 0 atom stereocenters. The first-order chi connectivity index (χ1) is 66.2. The zero-order valence-electron chi connectivity index (χ0n) is 76.4. The van der Waals surface area contributed by atoms with Crippen molar-refractivity contribution in [1.29, 1.82) is 0 Å². The molecule has 12 rings (SSSR count). The van der Waals surface area contributed by atoms with Crippen molar-refractivity contribution >= 4 is 117 Å². The minimum atomic E-state index is -0.733. The Labute approximate surface area is 793 Å². The number of non-ortho nitro benzene ring substituents is 6. The Morgan fingerprint density at radius 2 is 0.532 bits per heavy atom. The number of carbonyl (C=O) groups excluding carboxylic acids is 6. The van der Waals surface area contributed by atoms with Crippen LogP contribution in [0.5, 0.6) is 40.2 Å². The number of benzene rings is 12. The molecular formula is C102H88N8O29. The first-order valence-corrected chi connectivity index (χ1v) is 40.9. The van der Waals surface area contributed by atoms with Gasteiger partial charge in [-0.3, -0.25) is 110 Å². The molecule has 0 bridgehead atoms. The number of methoxy groups -OCH3 is 7. The highest BCUT2D eigenvalue weighted by Gasteiger charge is 2.23. The van der Waals surface area contributed by atoms with E-state index in [0.717, 1.165) is 52.1 Å². The summed E-state index contributed by atoms with van der Waals surface area (Å²) < 4.78 is 36.3. The van der Waals surface area contributed by atoms with Gasteiger partial charge in [-0.25, -0.2) is 0 Å². The molecule has 0 aromatic heterocycles. The van der Waals surface area contributed by atoms with Crippen LogP contribution in [0.25, 0.3) is 36.5 Å². The molecule has 0 aliphatic rings. The molecule has 37 heteroatoms. The van der Waals surface area contributed by atoms with Crippen LogP contribution in [0.4, 0.5) is 45.5 Å². The van der Waals surface area contributed by atoms with Gasteiger partial charge in [-0.1, -0.05) is 120 Å². The molecule has 37 nitrogen and oxygen atoms in total. The molecule has 0 amide bonds. The van der Waals surface area contributed by atoms with Crippen LogP contribution in [0.2, 0.25) is 0 Å². The molecule has 0 N–H and O–H groups in total. The highest BCUT2D eigenvalue weighted by molar-refractivity contribution is 6.12. The highest BCUT2D eigenvalue weighted by atomic mass is 16.7. The van der Waals surface area contributed by atoms with Crippen LogP contribution in [-0.2, 0) is 0 Å². The minimum absolute atomic E-state index is 0.00777. The lowest BCUT2D eigenvalue weighted by atomic mass is 10.1. The summed E-state index contributed by atoms with van der Waals surface area (Å²) in [7, 11) is 10.4. The Kier molecular flexibility index (Phi) is 40.2. The minimum Gasteiger partial charge on any atom is -0.496 e. The molecule has 0 heterocycles. The van der Waals surface area contributed by atoms with E-state index in [9.17, 15) is 110 Å². The van der Waals surface area contributed by atoms with E-state index in [1.165, 1.54) is 158 Å². The summed E-state index contributed by atoms with van der Waals surface area (Å²) in [6.07, 6.45) is 16.6. The fourth-order valence-electron chi connectivity index (χ4n) is 12.5. The van der Waals surface area contributed by atoms with Gasteiger partial charge in [-0.2, -0.15) is 0 Å².